The summed E-state index contributed by atoms with van der Waals surface area (Å²) in [5, 5.41) is 7.31. The first-order valence-corrected chi connectivity index (χ1v) is 15.6. The van der Waals surface area contributed by atoms with Crippen LogP contribution in [-0.4, -0.2) is 54.3 Å². The molecule has 2 fully saturated rings. The van der Waals surface area contributed by atoms with Crippen molar-refractivity contribution >= 4 is 34.7 Å². The minimum Gasteiger partial charge on any atom is -0.295 e. The monoisotopic (exact) mass is 590 g/mol. The molecule has 4 amide bonds. The van der Waals surface area contributed by atoms with E-state index >= 15 is 0 Å². The van der Waals surface area contributed by atoms with Gasteiger partial charge in [-0.25, -0.2) is 4.98 Å². The number of hydrogen-bond donors (Lipinski definition) is 1. The van der Waals surface area contributed by atoms with E-state index in [0.717, 1.165) is 83.4 Å². The standard InChI is InChI=1S/C34H34N6O4/c1-2-22(39-19-25(31(38-39)21-12-13-21)28-18-35-26-9-5-6-10-27(26)36-28)8-4-3-7-20-11-14-23-24(17-20)34(44)40(33(23)43)29-15-16-30(41)37-32(29)42/h5-6,9-11,14,17-19,21-22,29H,2-4,7-8,12-13,15-16H2,1H3,(H,37,41,42). The second-order valence-corrected chi connectivity index (χ2v) is 12.1. The third-order valence-electron chi connectivity index (χ3n) is 9.05. The van der Waals surface area contributed by atoms with Crippen LogP contribution in [0, 0.1) is 0 Å². The Labute approximate surface area is 254 Å². The summed E-state index contributed by atoms with van der Waals surface area (Å²) in [6.45, 7) is 2.19. The summed E-state index contributed by atoms with van der Waals surface area (Å²) >= 11 is 0. The lowest BCUT2D eigenvalue weighted by atomic mass is 10.00. The number of aryl methyl sites for hydroxylation is 1. The quantitative estimate of drug-likeness (QED) is 0.200. The highest BCUT2D eigenvalue weighted by Gasteiger charge is 2.44. The number of unbranched alkanes of at least 4 members (excludes halogenated alkanes) is 1. The molecule has 0 spiro atoms. The van der Waals surface area contributed by atoms with Crippen LogP contribution in [0.25, 0.3) is 22.3 Å². The third-order valence-corrected chi connectivity index (χ3v) is 9.05. The van der Waals surface area contributed by atoms with E-state index < -0.39 is 23.8 Å². The first kappa shape index (κ1) is 28.1. The van der Waals surface area contributed by atoms with E-state index in [0.29, 0.717) is 17.0 Å². The van der Waals surface area contributed by atoms with Crippen molar-refractivity contribution in [3.8, 4) is 11.3 Å². The van der Waals surface area contributed by atoms with Crippen LogP contribution in [0.1, 0.15) is 102 Å². The lowest BCUT2D eigenvalue weighted by molar-refractivity contribution is -0.136. The molecule has 2 aromatic carbocycles. The van der Waals surface area contributed by atoms with Gasteiger partial charge in [0.2, 0.25) is 11.8 Å². The van der Waals surface area contributed by atoms with Crippen LogP contribution in [0.15, 0.2) is 54.9 Å². The smallest absolute Gasteiger partial charge is 0.262 e. The molecule has 10 nitrogen and oxygen atoms in total. The van der Waals surface area contributed by atoms with E-state index in [9.17, 15) is 19.2 Å². The van der Waals surface area contributed by atoms with E-state index in [2.05, 4.69) is 28.1 Å². The zero-order valence-electron chi connectivity index (χ0n) is 24.7. The minimum absolute atomic E-state index is 0.104. The van der Waals surface area contributed by atoms with Gasteiger partial charge in [0.25, 0.3) is 11.8 Å². The third kappa shape index (κ3) is 5.18. The second-order valence-electron chi connectivity index (χ2n) is 12.1. The Morgan fingerprint density at radius 1 is 0.932 bits per heavy atom. The zero-order chi connectivity index (χ0) is 30.4. The Kier molecular flexibility index (Phi) is 7.27. The number of para-hydroxylation sites is 2. The molecule has 10 heteroatoms. The molecular weight excluding hydrogens is 556 g/mol. The van der Waals surface area contributed by atoms with Gasteiger partial charge in [-0.3, -0.25) is 39.1 Å². The molecule has 0 radical (unpaired) electrons. The number of piperidine rings is 1. The fourth-order valence-corrected chi connectivity index (χ4v) is 6.44. The number of rotatable bonds is 10. The maximum absolute atomic E-state index is 13.2. The van der Waals surface area contributed by atoms with Crippen LogP contribution >= 0.6 is 0 Å². The lowest BCUT2D eigenvalue weighted by Crippen LogP contribution is -2.54. The molecule has 2 atom stereocenters. The fraction of sp³-hybridized carbons (Fsp3) is 0.382. The fourth-order valence-electron chi connectivity index (χ4n) is 6.44. The number of nitrogens with zero attached hydrogens (tertiary/aromatic N) is 5. The van der Waals surface area contributed by atoms with Gasteiger partial charge < -0.3 is 0 Å². The molecule has 2 aromatic heterocycles. The summed E-state index contributed by atoms with van der Waals surface area (Å²) in [6.07, 6.45) is 11.2. The molecule has 1 saturated heterocycles. The number of nitrogens with one attached hydrogen (secondary N) is 1. The molecule has 4 heterocycles. The van der Waals surface area contributed by atoms with Gasteiger partial charge in [0.15, 0.2) is 0 Å². The van der Waals surface area contributed by atoms with Gasteiger partial charge in [-0.1, -0.05) is 31.5 Å². The van der Waals surface area contributed by atoms with Crippen molar-refractivity contribution in [1.29, 1.82) is 0 Å². The number of benzene rings is 2. The Bertz CT molecular complexity index is 1810. The number of fused-ring (bicyclic) bond motifs is 2. The summed E-state index contributed by atoms with van der Waals surface area (Å²) < 4.78 is 2.13. The van der Waals surface area contributed by atoms with E-state index in [-0.39, 0.29) is 24.8 Å². The van der Waals surface area contributed by atoms with Gasteiger partial charge in [0.05, 0.1) is 45.8 Å². The summed E-state index contributed by atoms with van der Waals surface area (Å²) in [6, 6.07) is 12.6. The van der Waals surface area contributed by atoms with E-state index in [1.807, 2.05) is 36.5 Å². The predicted octanol–water partition coefficient (Wildman–Crippen LogP) is 5.14. The van der Waals surface area contributed by atoms with Crippen molar-refractivity contribution in [2.45, 2.75) is 82.7 Å². The Morgan fingerprint density at radius 3 is 2.50 bits per heavy atom. The topological polar surface area (TPSA) is 127 Å². The second kappa shape index (κ2) is 11.4. The van der Waals surface area contributed by atoms with Gasteiger partial charge >= 0.3 is 0 Å². The summed E-state index contributed by atoms with van der Waals surface area (Å²) in [5.74, 6) is -1.44. The van der Waals surface area contributed by atoms with Gasteiger partial charge in [-0.05, 0) is 74.8 Å². The predicted molar refractivity (Wildman–Crippen MR) is 163 cm³/mol. The van der Waals surface area contributed by atoms with Crippen molar-refractivity contribution in [2.24, 2.45) is 0 Å². The number of carbonyl (C=O) groups excluding carboxylic acids is 4. The molecule has 7 rings (SSSR count). The number of imide groups is 2. The molecule has 4 aromatic rings. The Morgan fingerprint density at radius 2 is 1.73 bits per heavy atom. The minimum atomic E-state index is -0.953. The van der Waals surface area contributed by atoms with Crippen LogP contribution < -0.4 is 5.32 Å². The summed E-state index contributed by atoms with van der Waals surface area (Å²) in [7, 11) is 0. The molecule has 2 aliphatic heterocycles. The highest BCUT2D eigenvalue weighted by atomic mass is 16.2. The van der Waals surface area contributed by atoms with Crippen molar-refractivity contribution in [2.75, 3.05) is 0 Å². The SMILES string of the molecule is CCC(CCCCc1ccc2c(c1)C(=O)N(C1CCC(=O)NC1=O)C2=O)n1cc(-c2cnc3ccccc3n2)c(C2CC2)n1. The molecule has 44 heavy (non-hydrogen) atoms. The summed E-state index contributed by atoms with van der Waals surface area (Å²) in [5.41, 5.74) is 6.46. The van der Waals surface area contributed by atoms with Crippen LogP contribution in [0.2, 0.25) is 0 Å². The molecule has 1 aliphatic carbocycles. The number of aromatic nitrogens is 4. The number of carbonyl (C=O) groups is 4. The Balaban J connectivity index is 1.01. The Hall–Kier alpha value is -4.73. The van der Waals surface area contributed by atoms with Crippen molar-refractivity contribution in [3.63, 3.8) is 0 Å². The van der Waals surface area contributed by atoms with Gasteiger partial charge in [0.1, 0.15) is 6.04 Å². The van der Waals surface area contributed by atoms with E-state index in [4.69, 9.17) is 10.1 Å². The maximum atomic E-state index is 13.2. The summed E-state index contributed by atoms with van der Waals surface area (Å²) in [4.78, 5) is 60.6. The van der Waals surface area contributed by atoms with Crippen LogP contribution in [0.5, 0.6) is 0 Å². The lowest BCUT2D eigenvalue weighted by Gasteiger charge is -2.27. The van der Waals surface area contributed by atoms with Crippen LogP contribution in [-0.2, 0) is 16.0 Å². The van der Waals surface area contributed by atoms with Crippen molar-refractivity contribution in [1.82, 2.24) is 30.0 Å². The maximum Gasteiger partial charge on any atom is 0.262 e. The van der Waals surface area contributed by atoms with Gasteiger partial charge in [-0.2, -0.15) is 5.10 Å². The highest BCUT2D eigenvalue weighted by molar-refractivity contribution is 6.23. The molecule has 1 N–H and O–H groups in total. The average Bonchev–Trinajstić information content (AvgIpc) is 3.74. The van der Waals surface area contributed by atoms with Gasteiger partial charge in [0, 0.05) is 24.1 Å². The average molecular weight is 591 g/mol. The molecule has 3 aliphatic rings. The van der Waals surface area contributed by atoms with Crippen molar-refractivity contribution in [3.05, 3.63) is 77.2 Å². The molecule has 2 unspecified atom stereocenters. The first-order valence-electron chi connectivity index (χ1n) is 15.6. The largest absolute Gasteiger partial charge is 0.295 e. The zero-order valence-corrected chi connectivity index (χ0v) is 24.7. The first-order chi connectivity index (χ1) is 21.4. The highest BCUT2D eigenvalue weighted by Crippen LogP contribution is 2.44. The van der Waals surface area contributed by atoms with E-state index in [1.54, 1.807) is 12.1 Å². The van der Waals surface area contributed by atoms with Crippen LogP contribution in [0.4, 0.5) is 0 Å². The van der Waals surface area contributed by atoms with Crippen LogP contribution in [0.3, 0.4) is 0 Å². The molecule has 224 valence electrons. The van der Waals surface area contributed by atoms with Gasteiger partial charge in [-0.15, -0.1) is 0 Å². The van der Waals surface area contributed by atoms with E-state index in [1.165, 1.54) is 0 Å². The molecule has 1 saturated carbocycles. The molecular formula is C34H34N6O4. The number of amides is 4. The number of hydrogen-bond acceptors (Lipinski definition) is 7. The van der Waals surface area contributed by atoms with Crippen molar-refractivity contribution < 1.29 is 19.2 Å². The molecule has 0 bridgehead atoms. The normalized spacial score (nSPS) is 19.0.